The lowest BCUT2D eigenvalue weighted by Gasteiger charge is -2.19. The summed E-state index contributed by atoms with van der Waals surface area (Å²) in [7, 11) is 0. The summed E-state index contributed by atoms with van der Waals surface area (Å²) >= 11 is 0. The molecule has 1 aliphatic rings. The first-order valence-corrected chi connectivity index (χ1v) is 9.37. The molecule has 0 saturated carbocycles. The highest BCUT2D eigenvalue weighted by Gasteiger charge is 2.17. The van der Waals surface area contributed by atoms with Crippen LogP contribution in [0.1, 0.15) is 55.5 Å². The maximum Gasteiger partial charge on any atom is 0.234 e. The van der Waals surface area contributed by atoms with Crippen LogP contribution in [0.3, 0.4) is 0 Å². The molecule has 3 heteroatoms. The Labute approximate surface area is 162 Å². The highest BCUT2D eigenvalue weighted by atomic mass is 16.2. The highest BCUT2D eigenvalue weighted by molar-refractivity contribution is 6.01. The number of rotatable bonds is 2. The summed E-state index contributed by atoms with van der Waals surface area (Å²) < 4.78 is 0. The zero-order valence-corrected chi connectivity index (χ0v) is 15.6. The van der Waals surface area contributed by atoms with E-state index in [0.717, 1.165) is 48.6 Å². The number of amides is 1. The molecule has 0 bridgehead atoms. The predicted octanol–water partition coefficient (Wildman–Crippen LogP) is 4.14. The molecule has 3 rings (SSSR count). The van der Waals surface area contributed by atoms with Gasteiger partial charge in [-0.3, -0.25) is 9.59 Å². The van der Waals surface area contributed by atoms with Crippen LogP contribution in [0, 0.1) is 30.1 Å². The minimum absolute atomic E-state index is 0. The second-order valence-corrected chi connectivity index (χ2v) is 7.12. The Morgan fingerprint density at radius 1 is 1.30 bits per heavy atom. The molecular weight excluding hydrogens is 334 g/mol. The summed E-state index contributed by atoms with van der Waals surface area (Å²) in [6, 6.07) is 9.32. The molecule has 1 radical (unpaired) electrons. The van der Waals surface area contributed by atoms with Crippen molar-refractivity contribution in [3.8, 4) is 24.2 Å². The van der Waals surface area contributed by atoms with Gasteiger partial charge in [-0.15, -0.1) is 6.42 Å². The van der Waals surface area contributed by atoms with E-state index >= 15 is 0 Å². The first kappa shape index (κ1) is 18.7. The summed E-state index contributed by atoms with van der Waals surface area (Å²) in [4.78, 5) is 25.7. The normalized spacial score (nSPS) is 16.7. The quantitative estimate of drug-likeness (QED) is 0.598. The number of likely N-dealkylation sites (tertiary alicyclic amines) is 1. The van der Waals surface area contributed by atoms with E-state index < -0.39 is 0 Å². The van der Waals surface area contributed by atoms with Gasteiger partial charge in [-0.1, -0.05) is 36.8 Å². The molecule has 137 valence electrons. The van der Waals surface area contributed by atoms with Gasteiger partial charge in [0.25, 0.3) is 0 Å². The lowest BCUT2D eigenvalue weighted by atomic mass is 9.98. The molecule has 3 nitrogen and oxygen atoms in total. The monoisotopic (exact) mass is 358 g/mol. The molecule has 0 aliphatic carbocycles. The van der Waals surface area contributed by atoms with E-state index in [1.165, 1.54) is 6.42 Å². The maximum absolute atomic E-state index is 12.4. The Balaban J connectivity index is 0.00000280. The maximum atomic E-state index is 12.4. The van der Waals surface area contributed by atoms with Crippen LogP contribution in [0.4, 0.5) is 0 Å². The van der Waals surface area contributed by atoms with Crippen LogP contribution >= 0.6 is 0 Å². The molecule has 0 aromatic heterocycles. The number of fused-ring (bicyclic) bond motifs is 1. The molecule has 1 fully saturated rings. The van der Waals surface area contributed by atoms with Gasteiger partial charge in [-0.25, -0.2) is 0 Å². The summed E-state index contributed by atoms with van der Waals surface area (Å²) in [5, 5.41) is 1.73. The van der Waals surface area contributed by atoms with E-state index in [0.29, 0.717) is 17.0 Å². The molecule has 0 N–H and O–H groups in total. The third-order valence-corrected chi connectivity index (χ3v) is 5.18. The van der Waals surface area contributed by atoms with Crippen molar-refractivity contribution < 1.29 is 11.0 Å². The van der Waals surface area contributed by atoms with Crippen molar-refractivity contribution in [1.29, 1.82) is 0 Å². The van der Waals surface area contributed by atoms with Crippen LogP contribution in [0.25, 0.3) is 10.8 Å². The fraction of sp³-hybridized carbons (Fsp3) is 0.333. The molecule has 2 aromatic carbocycles. The number of nitrogens with zero attached hydrogens (tertiary/aromatic N) is 1. The van der Waals surface area contributed by atoms with E-state index in [1.54, 1.807) is 6.07 Å². The number of terminal acetylenes is 1. The molecule has 2 aromatic rings. The average Bonchev–Trinajstić information content (AvgIpc) is 2.91. The van der Waals surface area contributed by atoms with Gasteiger partial charge in [0.15, 0.2) is 6.29 Å². The standard InChI is InChI=1S/C24H23NO2.H/c1-3-20-10-11-21-16-19(9-12-22(21)23(20)17-26)7-4-8-24(27)25-14-5-6-18(2)13-15-25;/h1,9-12,16-18H,5-6,8,13-15H2,2H3;. The Morgan fingerprint density at radius 3 is 2.93 bits per heavy atom. The minimum Gasteiger partial charge on any atom is -0.342 e. The van der Waals surface area contributed by atoms with Crippen molar-refractivity contribution >= 4 is 23.0 Å². The van der Waals surface area contributed by atoms with Crippen LogP contribution in [0.5, 0.6) is 0 Å². The van der Waals surface area contributed by atoms with Crippen molar-refractivity contribution in [1.82, 2.24) is 4.90 Å². The number of carbonyl (C=O) groups is 2. The third kappa shape index (κ3) is 4.39. The zero-order chi connectivity index (χ0) is 19.2. The summed E-state index contributed by atoms with van der Waals surface area (Å²) in [5.74, 6) is 9.41. The van der Waals surface area contributed by atoms with E-state index in [2.05, 4.69) is 24.7 Å². The summed E-state index contributed by atoms with van der Waals surface area (Å²) in [6.07, 6.45) is 9.82. The number of hydrogen-bond acceptors (Lipinski definition) is 2. The molecule has 1 aliphatic heterocycles. The van der Waals surface area contributed by atoms with Crippen LogP contribution in [0.2, 0.25) is 0 Å². The third-order valence-electron chi connectivity index (χ3n) is 5.18. The smallest absolute Gasteiger partial charge is 0.234 e. The highest BCUT2D eigenvalue weighted by Crippen LogP contribution is 2.22. The average molecular weight is 358 g/mol. The molecule has 27 heavy (non-hydrogen) atoms. The largest absolute Gasteiger partial charge is 0.342 e. The van der Waals surface area contributed by atoms with E-state index in [4.69, 9.17) is 6.42 Å². The van der Waals surface area contributed by atoms with E-state index in [1.807, 2.05) is 29.2 Å². The zero-order valence-electron chi connectivity index (χ0n) is 16.6. The first-order valence-electron chi connectivity index (χ1n) is 9.37. The number of aldehydes is 1. The molecule has 1 atom stereocenters. The lowest BCUT2D eigenvalue weighted by Crippen LogP contribution is -2.31. The fourth-order valence-corrected chi connectivity index (χ4v) is 3.53. The number of carbonyl (C=O) groups excluding carboxylic acids is 2. The number of hydrogen-bond donors (Lipinski definition) is 0. The second-order valence-electron chi connectivity index (χ2n) is 7.12. The van der Waals surface area contributed by atoms with Gasteiger partial charge in [-0.2, -0.15) is 0 Å². The van der Waals surface area contributed by atoms with Gasteiger partial charge >= 0.3 is 0 Å². The van der Waals surface area contributed by atoms with Gasteiger partial charge in [0.1, 0.15) is 0 Å². The van der Waals surface area contributed by atoms with Gasteiger partial charge in [0.05, 0.1) is 6.42 Å². The molecule has 0 spiro atoms. The summed E-state index contributed by atoms with van der Waals surface area (Å²) in [5.41, 5.74) is 1.94. The van der Waals surface area contributed by atoms with Crippen LogP contribution in [-0.4, -0.2) is 30.2 Å². The van der Waals surface area contributed by atoms with Crippen LogP contribution in [-0.2, 0) is 4.79 Å². The van der Waals surface area contributed by atoms with Crippen LogP contribution < -0.4 is 0 Å². The van der Waals surface area contributed by atoms with Crippen molar-refractivity contribution in [2.24, 2.45) is 5.92 Å². The van der Waals surface area contributed by atoms with Gasteiger partial charge in [0, 0.05) is 31.2 Å². The molecule has 1 heterocycles. The van der Waals surface area contributed by atoms with Crippen molar-refractivity contribution in [2.45, 2.75) is 32.6 Å². The van der Waals surface area contributed by atoms with E-state index in [9.17, 15) is 9.59 Å². The molecule has 1 unspecified atom stereocenters. The van der Waals surface area contributed by atoms with Gasteiger partial charge in [0.2, 0.25) is 5.91 Å². The van der Waals surface area contributed by atoms with Gasteiger partial charge in [-0.05, 0) is 54.2 Å². The number of benzene rings is 2. The summed E-state index contributed by atoms with van der Waals surface area (Å²) in [6.45, 7) is 3.92. The Kier molecular flexibility index (Phi) is 5.94. The van der Waals surface area contributed by atoms with Crippen molar-refractivity contribution in [3.63, 3.8) is 0 Å². The SMILES string of the molecule is C#Cc1ccc2cc(C#CCC(=O)N3CCCC(C)CC3)ccc2c1C=O.[H]. The Bertz CT molecular complexity index is 978. The lowest BCUT2D eigenvalue weighted by molar-refractivity contribution is -0.130. The molecular formula is C24H24NO2. The van der Waals surface area contributed by atoms with Gasteiger partial charge < -0.3 is 4.90 Å². The van der Waals surface area contributed by atoms with E-state index in [-0.39, 0.29) is 13.8 Å². The Hall–Kier alpha value is -3.04. The predicted molar refractivity (Wildman–Crippen MR) is 109 cm³/mol. The molecule has 1 amide bonds. The second kappa shape index (κ2) is 8.56. The Morgan fingerprint density at radius 2 is 2.15 bits per heavy atom. The minimum atomic E-state index is 0. The van der Waals surface area contributed by atoms with Crippen LogP contribution in [0.15, 0.2) is 30.3 Å². The molecule has 1 saturated heterocycles. The fourth-order valence-electron chi connectivity index (χ4n) is 3.53. The topological polar surface area (TPSA) is 37.4 Å². The van der Waals surface area contributed by atoms with Crippen molar-refractivity contribution in [3.05, 3.63) is 47.0 Å². The first-order chi connectivity index (χ1) is 13.1. The van der Waals surface area contributed by atoms with Crippen molar-refractivity contribution in [2.75, 3.05) is 13.1 Å².